The van der Waals surface area contributed by atoms with Gasteiger partial charge in [-0.3, -0.25) is 14.5 Å². The molecule has 4 atom stereocenters. The number of allylic oxidation sites excluding steroid dienone is 2. The Bertz CT molecular complexity index is 1190. The minimum atomic E-state index is -0.182. The van der Waals surface area contributed by atoms with Gasteiger partial charge in [0, 0.05) is 21.6 Å². The Labute approximate surface area is 175 Å². The van der Waals surface area contributed by atoms with Crippen LogP contribution >= 0.6 is 15.9 Å². The number of nitrogens with zero attached hydrogens (tertiary/aromatic N) is 3. The second-order valence-electron chi connectivity index (χ2n) is 7.93. The predicted octanol–water partition coefficient (Wildman–Crippen LogP) is 4.37. The monoisotopic (exact) mass is 445 g/mol. The lowest BCUT2D eigenvalue weighted by atomic mass is 9.85. The van der Waals surface area contributed by atoms with E-state index in [-0.39, 0.29) is 35.5 Å². The van der Waals surface area contributed by atoms with Crippen molar-refractivity contribution in [2.75, 3.05) is 4.90 Å². The SMILES string of the molecule is O=C1[C@@H]2[C@H](C(=O)N1c1ccc(-c3ncc4cccc(Br)c4n3)cc1)[C@@H]1C=C[C@H]2C1. The molecule has 0 spiro atoms. The summed E-state index contributed by atoms with van der Waals surface area (Å²) in [7, 11) is 0. The molecule has 2 heterocycles. The summed E-state index contributed by atoms with van der Waals surface area (Å²) in [6.45, 7) is 0. The normalized spacial score (nSPS) is 27.3. The van der Waals surface area contributed by atoms with E-state index < -0.39 is 0 Å². The molecule has 5 nitrogen and oxygen atoms in total. The third kappa shape index (κ3) is 2.38. The van der Waals surface area contributed by atoms with Crippen LogP contribution in [0.1, 0.15) is 6.42 Å². The second-order valence-corrected chi connectivity index (χ2v) is 8.78. The zero-order chi connectivity index (χ0) is 19.7. The molecule has 1 aliphatic heterocycles. The van der Waals surface area contributed by atoms with Crippen LogP contribution in [0.15, 0.2) is 65.3 Å². The maximum atomic E-state index is 13.0. The molecule has 2 bridgehead atoms. The number of carbonyl (C=O) groups is 2. The molecular formula is C23H16BrN3O2. The van der Waals surface area contributed by atoms with E-state index in [1.54, 1.807) is 6.20 Å². The molecule has 2 amide bonds. The molecule has 1 saturated carbocycles. The predicted molar refractivity (Wildman–Crippen MR) is 113 cm³/mol. The van der Waals surface area contributed by atoms with Crippen molar-refractivity contribution in [1.82, 2.24) is 9.97 Å². The van der Waals surface area contributed by atoms with Crippen molar-refractivity contribution >= 4 is 44.3 Å². The Kier molecular flexibility index (Phi) is 3.56. The summed E-state index contributed by atoms with van der Waals surface area (Å²) in [5.74, 6) is 0.558. The Morgan fingerprint density at radius 3 is 2.31 bits per heavy atom. The summed E-state index contributed by atoms with van der Waals surface area (Å²) in [5, 5.41) is 0.961. The van der Waals surface area contributed by atoms with Crippen molar-refractivity contribution in [3.63, 3.8) is 0 Å². The van der Waals surface area contributed by atoms with E-state index in [1.807, 2.05) is 42.5 Å². The maximum Gasteiger partial charge on any atom is 0.238 e. The van der Waals surface area contributed by atoms with Crippen molar-refractivity contribution in [2.45, 2.75) is 6.42 Å². The van der Waals surface area contributed by atoms with Gasteiger partial charge in [-0.2, -0.15) is 0 Å². The number of imide groups is 1. The first kappa shape index (κ1) is 17.0. The van der Waals surface area contributed by atoms with Gasteiger partial charge in [-0.15, -0.1) is 0 Å². The standard InChI is InChI=1S/C23H16BrN3O2/c24-17-3-1-2-15-11-25-21(26-20(15)17)12-6-8-16(9-7-12)27-22(28)18-13-4-5-14(10-13)19(18)23(27)29/h1-9,11,13-14,18-19H,10H2/t13-,14+,18-,19+. The van der Waals surface area contributed by atoms with Gasteiger partial charge in [0.05, 0.1) is 23.0 Å². The quantitative estimate of drug-likeness (QED) is 0.433. The number of amides is 2. The summed E-state index contributed by atoms with van der Waals surface area (Å²) in [5.41, 5.74) is 2.31. The van der Waals surface area contributed by atoms with Crippen LogP contribution < -0.4 is 4.90 Å². The van der Waals surface area contributed by atoms with Crippen LogP contribution in [0.4, 0.5) is 5.69 Å². The molecule has 2 aliphatic carbocycles. The summed E-state index contributed by atoms with van der Waals surface area (Å²) in [6, 6.07) is 13.2. The van der Waals surface area contributed by atoms with Crippen LogP contribution in [-0.4, -0.2) is 21.8 Å². The molecule has 6 rings (SSSR count). The van der Waals surface area contributed by atoms with E-state index in [0.29, 0.717) is 11.5 Å². The Morgan fingerprint density at radius 2 is 1.62 bits per heavy atom. The molecule has 6 heteroatoms. The lowest BCUT2D eigenvalue weighted by Crippen LogP contribution is -2.32. The van der Waals surface area contributed by atoms with Crippen molar-refractivity contribution in [3.8, 4) is 11.4 Å². The number of hydrogen-bond acceptors (Lipinski definition) is 4. The third-order valence-corrected chi connectivity index (χ3v) is 7.06. The van der Waals surface area contributed by atoms with E-state index in [9.17, 15) is 9.59 Å². The first-order valence-electron chi connectivity index (χ1n) is 9.69. The number of para-hydroxylation sites is 1. The zero-order valence-electron chi connectivity index (χ0n) is 15.3. The smallest absolute Gasteiger partial charge is 0.238 e. The number of fused-ring (bicyclic) bond motifs is 6. The van der Waals surface area contributed by atoms with E-state index >= 15 is 0 Å². The van der Waals surface area contributed by atoms with Gasteiger partial charge < -0.3 is 0 Å². The Balaban J connectivity index is 1.33. The van der Waals surface area contributed by atoms with Gasteiger partial charge in [-0.25, -0.2) is 9.97 Å². The first-order valence-corrected chi connectivity index (χ1v) is 10.5. The largest absolute Gasteiger partial charge is 0.274 e. The average molecular weight is 446 g/mol. The van der Waals surface area contributed by atoms with Crippen LogP contribution in [0, 0.1) is 23.7 Å². The minimum absolute atomic E-state index is 0.0597. The van der Waals surface area contributed by atoms with Gasteiger partial charge >= 0.3 is 0 Å². The van der Waals surface area contributed by atoms with E-state index in [2.05, 4.69) is 38.0 Å². The topological polar surface area (TPSA) is 63.2 Å². The van der Waals surface area contributed by atoms with Crippen molar-refractivity contribution in [1.29, 1.82) is 0 Å². The molecule has 3 aromatic rings. The van der Waals surface area contributed by atoms with E-state index in [0.717, 1.165) is 27.4 Å². The molecule has 0 unspecified atom stereocenters. The fourth-order valence-corrected chi connectivity index (χ4v) is 5.55. The fourth-order valence-electron chi connectivity index (χ4n) is 5.08. The average Bonchev–Trinajstić information content (AvgIpc) is 3.42. The zero-order valence-corrected chi connectivity index (χ0v) is 16.9. The molecule has 0 radical (unpaired) electrons. The molecule has 2 fully saturated rings. The number of halogens is 1. The summed E-state index contributed by atoms with van der Waals surface area (Å²) in [4.78, 5) is 36.4. The molecular weight excluding hydrogens is 430 g/mol. The molecule has 1 saturated heterocycles. The number of benzene rings is 2. The Morgan fingerprint density at radius 1 is 0.931 bits per heavy atom. The lowest BCUT2D eigenvalue weighted by molar-refractivity contribution is -0.123. The van der Waals surface area contributed by atoms with Crippen LogP contribution in [0.2, 0.25) is 0 Å². The highest BCUT2D eigenvalue weighted by Gasteiger charge is 2.59. The summed E-state index contributed by atoms with van der Waals surface area (Å²) in [6.07, 6.45) is 6.96. The van der Waals surface area contributed by atoms with Crippen LogP contribution in [0.25, 0.3) is 22.3 Å². The van der Waals surface area contributed by atoms with Crippen LogP contribution in [-0.2, 0) is 9.59 Å². The van der Waals surface area contributed by atoms with Crippen molar-refractivity contribution in [3.05, 3.63) is 65.3 Å². The first-order chi connectivity index (χ1) is 14.1. The van der Waals surface area contributed by atoms with Gasteiger partial charge in [0.2, 0.25) is 11.8 Å². The van der Waals surface area contributed by atoms with Gasteiger partial charge in [0.25, 0.3) is 0 Å². The number of anilines is 1. The van der Waals surface area contributed by atoms with Gasteiger partial charge in [-0.05, 0) is 64.5 Å². The van der Waals surface area contributed by atoms with E-state index in [1.165, 1.54) is 4.90 Å². The summed E-state index contributed by atoms with van der Waals surface area (Å²) < 4.78 is 0.915. The molecule has 3 aliphatic rings. The van der Waals surface area contributed by atoms with Crippen LogP contribution in [0.3, 0.4) is 0 Å². The third-order valence-electron chi connectivity index (χ3n) is 6.42. The molecule has 2 aromatic carbocycles. The van der Waals surface area contributed by atoms with Crippen molar-refractivity contribution < 1.29 is 9.59 Å². The number of carbonyl (C=O) groups excluding carboxylic acids is 2. The lowest BCUT2D eigenvalue weighted by Gasteiger charge is -2.17. The van der Waals surface area contributed by atoms with Crippen molar-refractivity contribution in [2.24, 2.45) is 23.7 Å². The fraction of sp³-hybridized carbons (Fsp3) is 0.217. The highest BCUT2D eigenvalue weighted by molar-refractivity contribution is 9.10. The highest BCUT2D eigenvalue weighted by Crippen LogP contribution is 2.53. The number of aromatic nitrogens is 2. The number of rotatable bonds is 2. The molecule has 29 heavy (non-hydrogen) atoms. The maximum absolute atomic E-state index is 13.0. The Hall–Kier alpha value is -2.86. The van der Waals surface area contributed by atoms with E-state index in [4.69, 9.17) is 0 Å². The highest BCUT2D eigenvalue weighted by atomic mass is 79.9. The minimum Gasteiger partial charge on any atom is -0.274 e. The number of hydrogen-bond donors (Lipinski definition) is 0. The second kappa shape index (κ2) is 6.07. The molecule has 1 aromatic heterocycles. The van der Waals surface area contributed by atoms with Gasteiger partial charge in [0.1, 0.15) is 0 Å². The molecule has 0 N–H and O–H groups in total. The molecule has 142 valence electrons. The van der Waals surface area contributed by atoms with Gasteiger partial charge in [0.15, 0.2) is 5.82 Å². The van der Waals surface area contributed by atoms with Crippen LogP contribution in [0.5, 0.6) is 0 Å². The van der Waals surface area contributed by atoms with Gasteiger partial charge in [-0.1, -0.05) is 24.3 Å². The summed E-state index contributed by atoms with van der Waals surface area (Å²) >= 11 is 3.53.